The van der Waals surface area contributed by atoms with Gasteiger partial charge in [0.1, 0.15) is 0 Å². The predicted molar refractivity (Wildman–Crippen MR) is 53.9 cm³/mol. The second-order valence-electron chi connectivity index (χ2n) is 3.54. The summed E-state index contributed by atoms with van der Waals surface area (Å²) < 4.78 is 0. The Bertz CT molecular complexity index is 111. The number of piperazine rings is 1. The molecule has 0 aromatic carbocycles. The Kier molecular flexibility index (Phi) is 4.96. The molecule has 0 aliphatic carbocycles. The molecule has 0 saturated carbocycles. The van der Waals surface area contributed by atoms with Gasteiger partial charge in [-0.25, -0.2) is 0 Å². The molecule has 0 unspecified atom stereocenters. The standard InChI is InChI=1S/C9H19ClN2/c1-11-6-8-12(9-7-11)5-3-2-4-10/h2-9H2,1H3. The van der Waals surface area contributed by atoms with Crippen molar-refractivity contribution < 1.29 is 0 Å². The van der Waals surface area contributed by atoms with E-state index in [1.54, 1.807) is 0 Å². The zero-order valence-corrected chi connectivity index (χ0v) is 8.69. The van der Waals surface area contributed by atoms with E-state index in [-0.39, 0.29) is 0 Å². The minimum absolute atomic E-state index is 0.813. The maximum atomic E-state index is 5.62. The van der Waals surface area contributed by atoms with E-state index in [9.17, 15) is 0 Å². The highest BCUT2D eigenvalue weighted by atomic mass is 35.5. The number of alkyl halides is 1. The van der Waals surface area contributed by atoms with Crippen LogP contribution in [0.5, 0.6) is 0 Å². The third-order valence-electron chi connectivity index (χ3n) is 2.45. The summed E-state index contributed by atoms with van der Waals surface area (Å²) in [5.74, 6) is 0.813. The van der Waals surface area contributed by atoms with Crippen LogP contribution in [0.15, 0.2) is 0 Å². The Morgan fingerprint density at radius 1 is 1.08 bits per heavy atom. The molecule has 0 spiro atoms. The molecule has 1 aliphatic heterocycles. The summed E-state index contributed by atoms with van der Waals surface area (Å²) in [5.41, 5.74) is 0. The number of nitrogens with zero attached hydrogens (tertiary/aromatic N) is 2. The summed E-state index contributed by atoms with van der Waals surface area (Å²) in [4.78, 5) is 4.92. The molecule has 1 heterocycles. The maximum Gasteiger partial charge on any atom is 0.0223 e. The summed E-state index contributed by atoms with van der Waals surface area (Å²) in [6.07, 6.45) is 2.42. The lowest BCUT2D eigenvalue weighted by Crippen LogP contribution is -2.44. The second kappa shape index (κ2) is 5.79. The molecule has 1 saturated heterocycles. The third kappa shape index (κ3) is 3.74. The molecule has 3 heteroatoms. The Hall–Kier alpha value is 0.210. The van der Waals surface area contributed by atoms with E-state index in [0.29, 0.717) is 0 Å². The fraction of sp³-hybridized carbons (Fsp3) is 1.00. The zero-order valence-electron chi connectivity index (χ0n) is 7.93. The van der Waals surface area contributed by atoms with Gasteiger partial charge in [-0.15, -0.1) is 11.6 Å². The van der Waals surface area contributed by atoms with Crippen LogP contribution in [0.25, 0.3) is 0 Å². The molecule has 0 N–H and O–H groups in total. The largest absolute Gasteiger partial charge is 0.304 e. The molecule has 0 bridgehead atoms. The minimum Gasteiger partial charge on any atom is -0.304 e. The van der Waals surface area contributed by atoms with Crippen molar-refractivity contribution in [3.05, 3.63) is 0 Å². The molecule has 0 atom stereocenters. The summed E-state index contributed by atoms with van der Waals surface area (Å²) in [6, 6.07) is 0. The molecule has 0 amide bonds. The van der Waals surface area contributed by atoms with Crippen molar-refractivity contribution in [3.63, 3.8) is 0 Å². The molecule has 1 fully saturated rings. The first-order chi connectivity index (χ1) is 5.83. The van der Waals surface area contributed by atoms with Gasteiger partial charge in [0, 0.05) is 32.1 Å². The highest BCUT2D eigenvalue weighted by Crippen LogP contribution is 2.01. The Morgan fingerprint density at radius 3 is 2.33 bits per heavy atom. The van der Waals surface area contributed by atoms with Gasteiger partial charge < -0.3 is 9.80 Å². The van der Waals surface area contributed by atoms with Crippen LogP contribution in [-0.2, 0) is 0 Å². The summed E-state index contributed by atoms with van der Waals surface area (Å²) >= 11 is 5.62. The molecular weight excluding hydrogens is 172 g/mol. The van der Waals surface area contributed by atoms with E-state index < -0.39 is 0 Å². The fourth-order valence-electron chi connectivity index (χ4n) is 1.50. The van der Waals surface area contributed by atoms with Crippen molar-refractivity contribution in [2.75, 3.05) is 45.7 Å². The van der Waals surface area contributed by atoms with Crippen LogP contribution in [0.4, 0.5) is 0 Å². The van der Waals surface area contributed by atoms with Crippen LogP contribution in [0.1, 0.15) is 12.8 Å². The van der Waals surface area contributed by atoms with Crippen molar-refractivity contribution in [2.24, 2.45) is 0 Å². The van der Waals surface area contributed by atoms with Crippen LogP contribution >= 0.6 is 11.6 Å². The van der Waals surface area contributed by atoms with E-state index in [0.717, 1.165) is 12.3 Å². The molecule has 1 rings (SSSR count). The molecule has 1 aliphatic rings. The molecule has 0 aromatic heterocycles. The van der Waals surface area contributed by atoms with E-state index >= 15 is 0 Å². The molecule has 2 nitrogen and oxygen atoms in total. The Balaban J connectivity index is 2.01. The van der Waals surface area contributed by atoms with Gasteiger partial charge in [-0.05, 0) is 26.4 Å². The van der Waals surface area contributed by atoms with Gasteiger partial charge in [-0.1, -0.05) is 0 Å². The first kappa shape index (κ1) is 10.3. The lowest BCUT2D eigenvalue weighted by Gasteiger charge is -2.32. The average molecular weight is 191 g/mol. The zero-order chi connectivity index (χ0) is 8.81. The van der Waals surface area contributed by atoms with Crippen molar-refractivity contribution in [2.45, 2.75) is 12.8 Å². The molecular formula is C9H19ClN2. The highest BCUT2D eigenvalue weighted by molar-refractivity contribution is 6.17. The van der Waals surface area contributed by atoms with Crippen LogP contribution in [-0.4, -0.2) is 55.5 Å². The highest BCUT2D eigenvalue weighted by Gasteiger charge is 2.12. The predicted octanol–water partition coefficient (Wildman–Crippen LogP) is 1.25. The van der Waals surface area contributed by atoms with E-state index in [1.807, 2.05) is 0 Å². The summed E-state index contributed by atoms with van der Waals surface area (Å²) in [7, 11) is 2.19. The van der Waals surface area contributed by atoms with E-state index in [1.165, 1.54) is 39.1 Å². The number of halogens is 1. The smallest absolute Gasteiger partial charge is 0.0223 e. The van der Waals surface area contributed by atoms with Gasteiger partial charge in [-0.2, -0.15) is 0 Å². The normalized spacial score (nSPS) is 21.5. The number of hydrogen-bond donors (Lipinski definition) is 0. The van der Waals surface area contributed by atoms with Gasteiger partial charge in [0.05, 0.1) is 0 Å². The monoisotopic (exact) mass is 190 g/mol. The molecule has 0 aromatic rings. The van der Waals surface area contributed by atoms with Crippen LogP contribution in [0.3, 0.4) is 0 Å². The van der Waals surface area contributed by atoms with E-state index in [4.69, 9.17) is 11.6 Å². The van der Waals surface area contributed by atoms with Gasteiger partial charge >= 0.3 is 0 Å². The van der Waals surface area contributed by atoms with Gasteiger partial charge in [0.15, 0.2) is 0 Å². The van der Waals surface area contributed by atoms with Crippen molar-refractivity contribution >= 4 is 11.6 Å². The molecule has 72 valence electrons. The molecule has 12 heavy (non-hydrogen) atoms. The van der Waals surface area contributed by atoms with Crippen molar-refractivity contribution in [3.8, 4) is 0 Å². The first-order valence-corrected chi connectivity index (χ1v) is 5.33. The van der Waals surface area contributed by atoms with Crippen molar-refractivity contribution in [1.82, 2.24) is 9.80 Å². The van der Waals surface area contributed by atoms with E-state index in [2.05, 4.69) is 16.8 Å². The topological polar surface area (TPSA) is 6.48 Å². The minimum atomic E-state index is 0.813. The van der Waals surface area contributed by atoms with Crippen molar-refractivity contribution in [1.29, 1.82) is 0 Å². The van der Waals surface area contributed by atoms with Gasteiger partial charge in [0.25, 0.3) is 0 Å². The SMILES string of the molecule is CN1CCN(CCCCCl)CC1. The average Bonchev–Trinajstić information content (AvgIpc) is 2.09. The Labute approximate surface area is 80.5 Å². The first-order valence-electron chi connectivity index (χ1n) is 4.80. The quantitative estimate of drug-likeness (QED) is 0.487. The lowest BCUT2D eigenvalue weighted by atomic mass is 10.2. The van der Waals surface area contributed by atoms with Gasteiger partial charge in [-0.3, -0.25) is 0 Å². The summed E-state index contributed by atoms with van der Waals surface area (Å²) in [5, 5.41) is 0. The number of unbranched alkanes of at least 4 members (excludes halogenated alkanes) is 1. The summed E-state index contributed by atoms with van der Waals surface area (Å²) in [6.45, 7) is 6.15. The van der Waals surface area contributed by atoms with Crippen LogP contribution < -0.4 is 0 Å². The van der Waals surface area contributed by atoms with Gasteiger partial charge in [0.2, 0.25) is 0 Å². The molecule has 0 radical (unpaired) electrons. The van der Waals surface area contributed by atoms with Crippen LogP contribution in [0, 0.1) is 0 Å². The number of hydrogen-bond acceptors (Lipinski definition) is 2. The maximum absolute atomic E-state index is 5.62. The third-order valence-corrected chi connectivity index (χ3v) is 2.72. The fourth-order valence-corrected chi connectivity index (χ4v) is 1.69. The van der Waals surface area contributed by atoms with Crippen LogP contribution in [0.2, 0.25) is 0 Å². The number of rotatable bonds is 4. The second-order valence-corrected chi connectivity index (χ2v) is 3.92. The number of likely N-dealkylation sites (N-methyl/N-ethyl adjacent to an activating group) is 1. The lowest BCUT2D eigenvalue weighted by molar-refractivity contribution is 0.152. The Morgan fingerprint density at radius 2 is 1.75 bits per heavy atom.